The van der Waals surface area contributed by atoms with E-state index in [2.05, 4.69) is 9.47 Å². The number of rotatable bonds is 4. The van der Waals surface area contributed by atoms with Crippen molar-refractivity contribution < 1.29 is 19.1 Å². The summed E-state index contributed by atoms with van der Waals surface area (Å²) in [5.41, 5.74) is 5.46. The second-order valence-electron chi connectivity index (χ2n) is 2.99. The quantitative estimate of drug-likeness (QED) is 0.498. The first kappa shape index (κ1) is 11.9. The second kappa shape index (κ2) is 5.53. The SMILES string of the molecule is CC(=O)OCOC(=O)[C@@H](N)C(C)C. The van der Waals surface area contributed by atoms with E-state index in [9.17, 15) is 9.59 Å². The molecule has 0 fully saturated rings. The number of carbonyl (C=O) groups excluding carboxylic acids is 2. The smallest absolute Gasteiger partial charge is 0.326 e. The molecule has 0 rings (SSSR count). The van der Waals surface area contributed by atoms with Gasteiger partial charge in [-0.2, -0.15) is 0 Å². The van der Waals surface area contributed by atoms with Crippen LogP contribution in [0.2, 0.25) is 0 Å². The lowest BCUT2D eigenvalue weighted by atomic mass is 10.1. The number of carbonyl (C=O) groups is 2. The van der Waals surface area contributed by atoms with Crippen LogP contribution in [0, 0.1) is 5.92 Å². The minimum atomic E-state index is -0.671. The second-order valence-corrected chi connectivity index (χ2v) is 2.99. The molecule has 13 heavy (non-hydrogen) atoms. The fourth-order valence-electron chi connectivity index (χ4n) is 0.539. The van der Waals surface area contributed by atoms with Gasteiger partial charge in [0.25, 0.3) is 0 Å². The molecular formula is C8H15NO4. The molecule has 5 nitrogen and oxygen atoms in total. The van der Waals surface area contributed by atoms with Crippen LogP contribution in [0.5, 0.6) is 0 Å². The lowest BCUT2D eigenvalue weighted by molar-refractivity contribution is -0.167. The van der Waals surface area contributed by atoms with E-state index in [0.717, 1.165) is 0 Å². The Balaban J connectivity index is 3.68. The summed E-state index contributed by atoms with van der Waals surface area (Å²) in [6.45, 7) is 4.47. The molecular weight excluding hydrogens is 174 g/mol. The Hall–Kier alpha value is -1.10. The van der Waals surface area contributed by atoms with Gasteiger partial charge in [0, 0.05) is 6.92 Å². The van der Waals surface area contributed by atoms with Crippen LogP contribution in [-0.4, -0.2) is 24.8 Å². The van der Waals surface area contributed by atoms with Crippen molar-refractivity contribution in [1.29, 1.82) is 0 Å². The average molecular weight is 189 g/mol. The summed E-state index contributed by atoms with van der Waals surface area (Å²) in [4.78, 5) is 21.3. The molecule has 76 valence electrons. The molecule has 2 N–H and O–H groups in total. The van der Waals surface area contributed by atoms with Gasteiger partial charge in [-0.05, 0) is 5.92 Å². The molecule has 0 unspecified atom stereocenters. The van der Waals surface area contributed by atoms with Crippen LogP contribution in [-0.2, 0) is 19.1 Å². The minimum absolute atomic E-state index is 0.00447. The highest BCUT2D eigenvalue weighted by Crippen LogP contribution is 2.00. The molecule has 0 aliphatic carbocycles. The molecule has 1 atom stereocenters. The van der Waals surface area contributed by atoms with E-state index in [1.165, 1.54) is 6.92 Å². The Morgan fingerprint density at radius 3 is 2.23 bits per heavy atom. The lowest BCUT2D eigenvalue weighted by Gasteiger charge is -2.13. The molecule has 0 saturated carbocycles. The van der Waals surface area contributed by atoms with Crippen molar-refractivity contribution in [1.82, 2.24) is 0 Å². The molecule has 0 aromatic carbocycles. The van der Waals surface area contributed by atoms with Gasteiger partial charge in [-0.15, -0.1) is 0 Å². The monoisotopic (exact) mass is 189 g/mol. The van der Waals surface area contributed by atoms with E-state index < -0.39 is 18.0 Å². The number of esters is 2. The Bertz CT molecular complexity index is 191. The summed E-state index contributed by atoms with van der Waals surface area (Å²) in [5.74, 6) is -1.05. The Labute approximate surface area is 77.2 Å². The van der Waals surface area contributed by atoms with E-state index in [1.54, 1.807) is 13.8 Å². The maximum atomic E-state index is 11.0. The molecule has 0 spiro atoms. The van der Waals surface area contributed by atoms with Gasteiger partial charge in [0.15, 0.2) is 0 Å². The van der Waals surface area contributed by atoms with Gasteiger partial charge in [0.05, 0.1) is 0 Å². The molecule has 0 amide bonds. The molecule has 0 aromatic rings. The standard InChI is InChI=1S/C8H15NO4/c1-5(2)7(9)8(11)13-4-12-6(3)10/h5,7H,4,9H2,1-3H3/t7-/m0/s1. The summed E-state index contributed by atoms with van der Waals surface area (Å²) >= 11 is 0. The number of hydrogen-bond donors (Lipinski definition) is 1. The van der Waals surface area contributed by atoms with Crippen molar-refractivity contribution in [3.05, 3.63) is 0 Å². The van der Waals surface area contributed by atoms with Gasteiger partial charge in [-0.1, -0.05) is 13.8 Å². The molecule has 0 saturated heterocycles. The first-order chi connectivity index (χ1) is 5.95. The highest BCUT2D eigenvalue weighted by atomic mass is 16.7. The first-order valence-electron chi connectivity index (χ1n) is 4.00. The summed E-state index contributed by atoms with van der Waals surface area (Å²) in [6.07, 6.45) is 0. The molecule has 0 aliphatic rings. The van der Waals surface area contributed by atoms with Crippen LogP contribution >= 0.6 is 0 Å². The van der Waals surface area contributed by atoms with Crippen LogP contribution in [0.15, 0.2) is 0 Å². The van der Waals surface area contributed by atoms with Gasteiger partial charge in [0.1, 0.15) is 6.04 Å². The highest BCUT2D eigenvalue weighted by molar-refractivity contribution is 5.75. The van der Waals surface area contributed by atoms with Crippen LogP contribution < -0.4 is 5.73 Å². The Morgan fingerprint density at radius 1 is 1.31 bits per heavy atom. The zero-order valence-electron chi connectivity index (χ0n) is 8.07. The van der Waals surface area contributed by atoms with E-state index in [-0.39, 0.29) is 12.7 Å². The largest absolute Gasteiger partial charge is 0.428 e. The van der Waals surface area contributed by atoms with Crippen LogP contribution in [0.25, 0.3) is 0 Å². The summed E-state index contributed by atoms with van der Waals surface area (Å²) in [6, 6.07) is -0.671. The van der Waals surface area contributed by atoms with Crippen LogP contribution in [0.1, 0.15) is 20.8 Å². The average Bonchev–Trinajstić information content (AvgIpc) is 2.02. The summed E-state index contributed by atoms with van der Waals surface area (Å²) in [5, 5.41) is 0. The maximum Gasteiger partial charge on any atom is 0.326 e. The zero-order chi connectivity index (χ0) is 10.4. The highest BCUT2D eigenvalue weighted by Gasteiger charge is 2.18. The van der Waals surface area contributed by atoms with Gasteiger partial charge in [-0.3, -0.25) is 9.59 Å². The van der Waals surface area contributed by atoms with Gasteiger partial charge >= 0.3 is 11.9 Å². The van der Waals surface area contributed by atoms with Gasteiger partial charge in [-0.25, -0.2) is 0 Å². The van der Waals surface area contributed by atoms with Crippen molar-refractivity contribution in [2.75, 3.05) is 6.79 Å². The number of nitrogens with two attached hydrogens (primary N) is 1. The van der Waals surface area contributed by atoms with Gasteiger partial charge < -0.3 is 15.2 Å². The van der Waals surface area contributed by atoms with Crippen molar-refractivity contribution >= 4 is 11.9 Å². The predicted octanol–water partition coefficient (Wildman–Crippen LogP) is 0.0335. The fraction of sp³-hybridized carbons (Fsp3) is 0.750. The van der Waals surface area contributed by atoms with Crippen molar-refractivity contribution in [3.8, 4) is 0 Å². The molecule has 0 heterocycles. The topological polar surface area (TPSA) is 78.6 Å². The normalized spacial score (nSPS) is 12.4. The number of ether oxygens (including phenoxy) is 2. The predicted molar refractivity (Wildman–Crippen MR) is 45.5 cm³/mol. The first-order valence-corrected chi connectivity index (χ1v) is 4.00. The third kappa shape index (κ3) is 5.19. The van der Waals surface area contributed by atoms with Crippen LogP contribution in [0.3, 0.4) is 0 Å². The minimum Gasteiger partial charge on any atom is -0.428 e. The Kier molecular flexibility index (Phi) is 5.06. The third-order valence-electron chi connectivity index (χ3n) is 1.45. The molecule has 0 aromatic heterocycles. The molecule has 0 bridgehead atoms. The zero-order valence-corrected chi connectivity index (χ0v) is 8.07. The van der Waals surface area contributed by atoms with Crippen molar-refractivity contribution in [2.24, 2.45) is 11.7 Å². The third-order valence-corrected chi connectivity index (χ3v) is 1.45. The van der Waals surface area contributed by atoms with Gasteiger partial charge in [0.2, 0.25) is 6.79 Å². The molecule has 5 heteroatoms. The van der Waals surface area contributed by atoms with E-state index >= 15 is 0 Å². The lowest BCUT2D eigenvalue weighted by Crippen LogP contribution is -2.37. The number of hydrogen-bond acceptors (Lipinski definition) is 5. The molecule has 0 aliphatic heterocycles. The fourth-order valence-corrected chi connectivity index (χ4v) is 0.539. The maximum absolute atomic E-state index is 11.0. The van der Waals surface area contributed by atoms with E-state index in [4.69, 9.17) is 5.73 Å². The van der Waals surface area contributed by atoms with Crippen molar-refractivity contribution in [3.63, 3.8) is 0 Å². The summed E-state index contributed by atoms with van der Waals surface area (Å²) in [7, 11) is 0. The molecule has 0 radical (unpaired) electrons. The van der Waals surface area contributed by atoms with Crippen molar-refractivity contribution in [2.45, 2.75) is 26.8 Å². The Morgan fingerprint density at radius 2 is 1.85 bits per heavy atom. The van der Waals surface area contributed by atoms with E-state index in [1.807, 2.05) is 0 Å². The van der Waals surface area contributed by atoms with E-state index in [0.29, 0.717) is 0 Å². The summed E-state index contributed by atoms with van der Waals surface area (Å²) < 4.78 is 8.97. The van der Waals surface area contributed by atoms with Crippen LogP contribution in [0.4, 0.5) is 0 Å².